The molecular weight excluding hydrogens is 162 g/mol. The van der Waals surface area contributed by atoms with E-state index >= 15 is 0 Å². The highest BCUT2D eigenvalue weighted by Gasteiger charge is 2.18. The van der Waals surface area contributed by atoms with E-state index in [4.69, 9.17) is 4.74 Å². The summed E-state index contributed by atoms with van der Waals surface area (Å²) in [5, 5.41) is 0. The van der Waals surface area contributed by atoms with Crippen molar-refractivity contribution in [3.63, 3.8) is 0 Å². The molecule has 0 aromatic heterocycles. The summed E-state index contributed by atoms with van der Waals surface area (Å²) >= 11 is 0. The van der Waals surface area contributed by atoms with E-state index in [2.05, 4.69) is 32.6 Å². The molecule has 0 N–H and O–H groups in total. The van der Waals surface area contributed by atoms with Gasteiger partial charge in [0.2, 0.25) is 0 Å². The molecule has 0 amide bonds. The van der Waals surface area contributed by atoms with Crippen LogP contribution in [0.2, 0.25) is 0 Å². The molecule has 0 aliphatic rings. The van der Waals surface area contributed by atoms with Gasteiger partial charge in [-0.2, -0.15) is 0 Å². The number of likely N-dealkylation sites (N-methyl/N-ethyl adjacent to an activating group) is 1. The fourth-order valence-corrected chi connectivity index (χ4v) is 1.17. The molecule has 0 radical (unpaired) electrons. The first kappa shape index (κ1) is 15.4. The first-order chi connectivity index (χ1) is 6.02. The van der Waals surface area contributed by atoms with Gasteiger partial charge >= 0.3 is 0 Å². The van der Waals surface area contributed by atoms with Crippen LogP contribution in [0.4, 0.5) is 0 Å². The summed E-state index contributed by atoms with van der Waals surface area (Å²) < 4.78 is 5.03. The highest BCUT2D eigenvalue weighted by molar-refractivity contribution is 4.74. The van der Waals surface area contributed by atoms with Gasteiger partial charge in [-0.1, -0.05) is 20.8 Å². The third kappa shape index (κ3) is 8.26. The summed E-state index contributed by atoms with van der Waals surface area (Å²) in [6.45, 7) is 15.8. The first-order valence-electron chi connectivity index (χ1n) is 5.26. The Bertz CT molecular complexity index is 96.8. The SMILES string of the molecule is CC.CCN(CCOC)C(C)(C)C. The standard InChI is InChI=1S/C9H21NO.C2H6/c1-6-10(7-8-11-5)9(2,3)4;1-2/h6-8H2,1-5H3;1-2H3. The summed E-state index contributed by atoms with van der Waals surface area (Å²) in [4.78, 5) is 2.40. The zero-order valence-electron chi connectivity index (χ0n) is 10.5. The van der Waals surface area contributed by atoms with Crippen LogP contribution in [-0.2, 0) is 4.74 Å². The number of hydrogen-bond acceptors (Lipinski definition) is 2. The van der Waals surface area contributed by atoms with Crippen LogP contribution in [0, 0.1) is 0 Å². The molecule has 0 bridgehead atoms. The molecule has 0 rings (SSSR count). The molecule has 0 aliphatic heterocycles. The predicted octanol–water partition coefficient (Wildman–Crippen LogP) is 2.78. The Morgan fingerprint density at radius 3 is 1.85 bits per heavy atom. The molecule has 0 aromatic carbocycles. The first-order valence-corrected chi connectivity index (χ1v) is 5.26. The van der Waals surface area contributed by atoms with Crippen molar-refractivity contribution in [1.29, 1.82) is 0 Å². The molecule has 0 unspecified atom stereocenters. The molecule has 0 aliphatic carbocycles. The van der Waals surface area contributed by atoms with Crippen molar-refractivity contribution in [3.05, 3.63) is 0 Å². The van der Waals surface area contributed by atoms with E-state index in [9.17, 15) is 0 Å². The molecule has 0 saturated heterocycles. The van der Waals surface area contributed by atoms with Crippen molar-refractivity contribution >= 4 is 0 Å². The number of hydrogen-bond donors (Lipinski definition) is 0. The molecule has 82 valence electrons. The largest absolute Gasteiger partial charge is 0.383 e. The Kier molecular flexibility index (Phi) is 10.1. The van der Waals surface area contributed by atoms with Crippen molar-refractivity contribution in [2.75, 3.05) is 26.8 Å². The van der Waals surface area contributed by atoms with Crippen LogP contribution in [0.3, 0.4) is 0 Å². The molecule has 2 heteroatoms. The van der Waals surface area contributed by atoms with E-state index in [0.29, 0.717) is 0 Å². The summed E-state index contributed by atoms with van der Waals surface area (Å²) in [7, 11) is 1.75. The highest BCUT2D eigenvalue weighted by atomic mass is 16.5. The van der Waals surface area contributed by atoms with Crippen molar-refractivity contribution in [1.82, 2.24) is 4.90 Å². The number of rotatable bonds is 4. The summed E-state index contributed by atoms with van der Waals surface area (Å²) in [6, 6.07) is 0. The lowest BCUT2D eigenvalue weighted by Crippen LogP contribution is -2.42. The van der Waals surface area contributed by atoms with Gasteiger partial charge in [0.25, 0.3) is 0 Å². The van der Waals surface area contributed by atoms with Gasteiger partial charge in [-0.3, -0.25) is 4.90 Å². The van der Waals surface area contributed by atoms with Crippen molar-refractivity contribution in [3.8, 4) is 0 Å². The van der Waals surface area contributed by atoms with Gasteiger partial charge in [-0.05, 0) is 27.3 Å². The van der Waals surface area contributed by atoms with E-state index in [-0.39, 0.29) is 5.54 Å². The zero-order valence-corrected chi connectivity index (χ0v) is 10.5. The van der Waals surface area contributed by atoms with Crippen LogP contribution in [0.1, 0.15) is 41.5 Å². The van der Waals surface area contributed by atoms with Crippen LogP contribution in [0.5, 0.6) is 0 Å². The predicted molar refractivity (Wildman–Crippen MR) is 60.2 cm³/mol. The van der Waals surface area contributed by atoms with Crippen molar-refractivity contribution in [2.45, 2.75) is 47.1 Å². The van der Waals surface area contributed by atoms with Crippen LogP contribution in [0.15, 0.2) is 0 Å². The lowest BCUT2D eigenvalue weighted by Gasteiger charge is -2.34. The van der Waals surface area contributed by atoms with Crippen LogP contribution in [-0.4, -0.2) is 37.2 Å². The fourth-order valence-electron chi connectivity index (χ4n) is 1.17. The van der Waals surface area contributed by atoms with Gasteiger partial charge in [0.05, 0.1) is 6.61 Å². The molecule has 2 nitrogen and oxygen atoms in total. The normalized spacial score (nSPS) is 11.1. The Balaban J connectivity index is 0. The Morgan fingerprint density at radius 2 is 1.62 bits per heavy atom. The monoisotopic (exact) mass is 189 g/mol. The van der Waals surface area contributed by atoms with E-state index in [1.807, 2.05) is 13.8 Å². The Labute approximate surface area is 84.3 Å². The Morgan fingerprint density at radius 1 is 1.15 bits per heavy atom. The average Bonchev–Trinajstić information content (AvgIpc) is 2.07. The number of nitrogens with zero attached hydrogens (tertiary/aromatic N) is 1. The average molecular weight is 189 g/mol. The molecule has 0 heterocycles. The molecule has 0 aromatic rings. The molecular formula is C11H27NO. The van der Waals surface area contributed by atoms with Gasteiger partial charge in [-0.25, -0.2) is 0 Å². The minimum absolute atomic E-state index is 0.271. The molecule has 0 atom stereocenters. The van der Waals surface area contributed by atoms with E-state index in [1.54, 1.807) is 7.11 Å². The second-order valence-electron chi connectivity index (χ2n) is 3.74. The highest BCUT2D eigenvalue weighted by Crippen LogP contribution is 2.11. The van der Waals surface area contributed by atoms with E-state index in [1.165, 1.54) is 0 Å². The zero-order chi connectivity index (χ0) is 10.9. The third-order valence-corrected chi connectivity index (χ3v) is 1.90. The third-order valence-electron chi connectivity index (χ3n) is 1.90. The van der Waals surface area contributed by atoms with Crippen LogP contribution in [0.25, 0.3) is 0 Å². The van der Waals surface area contributed by atoms with E-state index < -0.39 is 0 Å². The van der Waals surface area contributed by atoms with Crippen LogP contribution < -0.4 is 0 Å². The molecule has 13 heavy (non-hydrogen) atoms. The number of ether oxygens (including phenoxy) is 1. The van der Waals surface area contributed by atoms with Gasteiger partial charge < -0.3 is 4.74 Å². The van der Waals surface area contributed by atoms with Crippen molar-refractivity contribution in [2.24, 2.45) is 0 Å². The topological polar surface area (TPSA) is 12.5 Å². The maximum absolute atomic E-state index is 5.03. The second kappa shape index (κ2) is 8.52. The molecule has 0 fully saturated rings. The quantitative estimate of drug-likeness (QED) is 0.674. The fraction of sp³-hybridized carbons (Fsp3) is 1.00. The smallest absolute Gasteiger partial charge is 0.0589 e. The summed E-state index contributed by atoms with van der Waals surface area (Å²) in [6.07, 6.45) is 0. The molecule has 0 spiro atoms. The summed E-state index contributed by atoms with van der Waals surface area (Å²) in [5.41, 5.74) is 0.271. The lowest BCUT2D eigenvalue weighted by atomic mass is 10.1. The minimum atomic E-state index is 0.271. The minimum Gasteiger partial charge on any atom is -0.383 e. The number of methoxy groups -OCH3 is 1. The Hall–Kier alpha value is -0.0800. The van der Waals surface area contributed by atoms with Crippen molar-refractivity contribution < 1.29 is 4.74 Å². The maximum atomic E-state index is 5.03. The van der Waals surface area contributed by atoms with Gasteiger partial charge in [0.15, 0.2) is 0 Å². The maximum Gasteiger partial charge on any atom is 0.0589 e. The van der Waals surface area contributed by atoms with E-state index in [0.717, 1.165) is 19.7 Å². The molecule has 0 saturated carbocycles. The second-order valence-corrected chi connectivity index (χ2v) is 3.74. The van der Waals surface area contributed by atoms with Gasteiger partial charge in [-0.15, -0.1) is 0 Å². The lowest BCUT2D eigenvalue weighted by molar-refractivity contribution is 0.0921. The van der Waals surface area contributed by atoms with Crippen LogP contribution >= 0.6 is 0 Å². The summed E-state index contributed by atoms with van der Waals surface area (Å²) in [5.74, 6) is 0. The van der Waals surface area contributed by atoms with Gasteiger partial charge in [0.1, 0.15) is 0 Å². The van der Waals surface area contributed by atoms with Gasteiger partial charge in [0, 0.05) is 19.2 Å².